The van der Waals surface area contributed by atoms with E-state index in [0.717, 1.165) is 36.3 Å². The van der Waals surface area contributed by atoms with E-state index in [0.29, 0.717) is 22.8 Å². The van der Waals surface area contributed by atoms with Crippen LogP contribution >= 0.6 is 11.3 Å². The van der Waals surface area contributed by atoms with Gasteiger partial charge in [0, 0.05) is 24.0 Å². The molecule has 1 fully saturated rings. The highest BCUT2D eigenvalue weighted by atomic mass is 32.1. The second-order valence-electron chi connectivity index (χ2n) is 8.54. The molecule has 0 bridgehead atoms. The molecule has 1 amide bonds. The summed E-state index contributed by atoms with van der Waals surface area (Å²) in [5.41, 5.74) is 2.16. The average Bonchev–Trinajstić information content (AvgIpc) is 3.40. The zero-order valence-electron chi connectivity index (χ0n) is 20.3. The van der Waals surface area contributed by atoms with Gasteiger partial charge in [0.1, 0.15) is 11.6 Å². The van der Waals surface area contributed by atoms with Gasteiger partial charge in [0.15, 0.2) is 11.5 Å². The fourth-order valence-electron chi connectivity index (χ4n) is 4.36. The summed E-state index contributed by atoms with van der Waals surface area (Å²) >= 11 is 1.45. The first-order valence-electron chi connectivity index (χ1n) is 11.7. The smallest absolute Gasteiger partial charge is 0.339 e. The van der Waals surface area contributed by atoms with Gasteiger partial charge in [-0.25, -0.2) is 9.78 Å². The lowest BCUT2D eigenvalue weighted by atomic mass is 9.94. The molecule has 0 N–H and O–H groups in total. The normalized spacial score (nSPS) is 13.8. The molecule has 0 saturated heterocycles. The molecule has 1 saturated carbocycles. The van der Waals surface area contributed by atoms with Gasteiger partial charge < -0.3 is 19.1 Å². The van der Waals surface area contributed by atoms with Crippen molar-refractivity contribution in [2.24, 2.45) is 0 Å². The Labute approximate surface area is 209 Å². The number of ether oxygens (including phenoxy) is 3. The number of aromatic nitrogens is 1. The molecule has 0 spiro atoms. The summed E-state index contributed by atoms with van der Waals surface area (Å²) in [5.74, 6) is 0.581. The van der Waals surface area contributed by atoms with Gasteiger partial charge in [-0.15, -0.1) is 11.3 Å². The summed E-state index contributed by atoms with van der Waals surface area (Å²) < 4.78 is 16.2. The van der Waals surface area contributed by atoms with Gasteiger partial charge in [0.05, 0.1) is 31.0 Å². The van der Waals surface area contributed by atoms with E-state index < -0.39 is 5.97 Å². The molecule has 4 rings (SSSR count). The van der Waals surface area contributed by atoms with E-state index in [1.54, 1.807) is 43.4 Å². The van der Waals surface area contributed by atoms with E-state index in [4.69, 9.17) is 14.2 Å². The summed E-state index contributed by atoms with van der Waals surface area (Å²) in [6, 6.07) is 12.6. The lowest BCUT2D eigenvalue weighted by molar-refractivity contribution is 0.0460. The quantitative estimate of drug-likeness (QED) is 0.380. The van der Waals surface area contributed by atoms with E-state index >= 15 is 0 Å². The second-order valence-corrected chi connectivity index (χ2v) is 9.40. The lowest BCUT2D eigenvalue weighted by Crippen LogP contribution is -2.38. The van der Waals surface area contributed by atoms with Crippen molar-refractivity contribution in [2.75, 3.05) is 21.3 Å². The second kappa shape index (κ2) is 11.4. The maximum Gasteiger partial charge on any atom is 0.339 e. The van der Waals surface area contributed by atoms with Gasteiger partial charge in [-0.2, -0.15) is 0 Å². The number of carbonyl (C=O) groups is 2. The number of thiazole rings is 1. The third kappa shape index (κ3) is 5.65. The maximum absolute atomic E-state index is 13.2. The fourth-order valence-corrected chi connectivity index (χ4v) is 5.17. The van der Waals surface area contributed by atoms with Crippen molar-refractivity contribution in [2.45, 2.75) is 44.8 Å². The zero-order chi connectivity index (χ0) is 24.8. The fraction of sp³-hybridized carbons (Fsp3) is 0.370. The number of carbonyl (C=O) groups excluding carboxylic acids is 2. The first-order valence-corrected chi connectivity index (χ1v) is 12.6. The molecule has 3 aromatic rings. The molecule has 0 atom stereocenters. The number of nitrogens with zero attached hydrogens (tertiary/aromatic N) is 2. The number of rotatable bonds is 8. The molecule has 7 nitrogen and oxygen atoms in total. The first-order chi connectivity index (χ1) is 17.0. The van der Waals surface area contributed by atoms with Gasteiger partial charge in [0.25, 0.3) is 5.91 Å². The Morgan fingerprint density at radius 2 is 1.71 bits per heavy atom. The first kappa shape index (κ1) is 24.7. The average molecular weight is 495 g/mol. The predicted octanol–water partition coefficient (Wildman–Crippen LogP) is 5.59. The van der Waals surface area contributed by atoms with E-state index in [1.807, 2.05) is 30.6 Å². The molecule has 1 aliphatic rings. The third-order valence-electron chi connectivity index (χ3n) is 6.35. The molecule has 184 valence electrons. The molecule has 0 aliphatic heterocycles. The van der Waals surface area contributed by atoms with Crippen LogP contribution in [0.5, 0.6) is 11.5 Å². The van der Waals surface area contributed by atoms with E-state index in [1.165, 1.54) is 17.8 Å². The minimum absolute atomic E-state index is 0.0175. The standard InChI is InChI=1S/C27H30N2O5S/c1-29(20-9-5-4-6-10-20)26(30)21-11-7-8-12-22(21)27(31)34-16-19-17-35-25(28-19)18-13-14-23(32-2)24(15-18)33-3/h7-8,11-15,17,20H,4-6,9-10,16H2,1-3H3. The van der Waals surface area contributed by atoms with Crippen LogP contribution in [0, 0.1) is 0 Å². The largest absolute Gasteiger partial charge is 0.493 e. The van der Waals surface area contributed by atoms with Crippen LogP contribution in [0.3, 0.4) is 0 Å². The van der Waals surface area contributed by atoms with Crippen LogP contribution in [0.4, 0.5) is 0 Å². The van der Waals surface area contributed by atoms with Crippen molar-refractivity contribution in [3.05, 3.63) is 64.7 Å². The summed E-state index contributed by atoms with van der Waals surface area (Å²) in [6.45, 7) is 0.0175. The molecule has 35 heavy (non-hydrogen) atoms. The minimum Gasteiger partial charge on any atom is -0.493 e. The molecule has 1 aromatic heterocycles. The number of methoxy groups -OCH3 is 2. The van der Waals surface area contributed by atoms with Crippen molar-refractivity contribution in [1.82, 2.24) is 9.88 Å². The van der Waals surface area contributed by atoms with Crippen molar-refractivity contribution < 1.29 is 23.8 Å². The van der Waals surface area contributed by atoms with Gasteiger partial charge in [-0.1, -0.05) is 31.4 Å². The third-order valence-corrected chi connectivity index (χ3v) is 7.29. The SMILES string of the molecule is COc1ccc(-c2nc(COC(=O)c3ccccc3C(=O)N(C)C3CCCCC3)cs2)cc1OC. The Bertz CT molecular complexity index is 1190. The molecular weight excluding hydrogens is 464 g/mol. The number of esters is 1. The summed E-state index contributed by atoms with van der Waals surface area (Å²) in [7, 11) is 5.00. The lowest BCUT2D eigenvalue weighted by Gasteiger charge is -2.31. The van der Waals surface area contributed by atoms with Crippen LogP contribution in [0.15, 0.2) is 47.8 Å². The number of hydrogen-bond donors (Lipinski definition) is 0. The highest BCUT2D eigenvalue weighted by molar-refractivity contribution is 7.13. The van der Waals surface area contributed by atoms with Crippen LogP contribution < -0.4 is 9.47 Å². The summed E-state index contributed by atoms with van der Waals surface area (Å²) in [4.78, 5) is 32.5. The van der Waals surface area contributed by atoms with Gasteiger partial charge >= 0.3 is 5.97 Å². The van der Waals surface area contributed by atoms with E-state index in [9.17, 15) is 9.59 Å². The number of amides is 1. The Hall–Kier alpha value is -3.39. The van der Waals surface area contributed by atoms with Crippen LogP contribution in [-0.2, 0) is 11.3 Å². The molecule has 0 unspecified atom stereocenters. The zero-order valence-corrected chi connectivity index (χ0v) is 21.1. The predicted molar refractivity (Wildman–Crippen MR) is 135 cm³/mol. The van der Waals surface area contributed by atoms with Crippen molar-refractivity contribution >= 4 is 23.2 Å². The van der Waals surface area contributed by atoms with Crippen LogP contribution in [0.25, 0.3) is 10.6 Å². The van der Waals surface area contributed by atoms with Crippen LogP contribution in [0.1, 0.15) is 58.5 Å². The van der Waals surface area contributed by atoms with Crippen molar-refractivity contribution in [3.8, 4) is 22.1 Å². The molecular formula is C27H30N2O5S. The molecule has 1 aliphatic carbocycles. The van der Waals surface area contributed by atoms with Crippen molar-refractivity contribution in [3.63, 3.8) is 0 Å². The molecule has 8 heteroatoms. The molecule has 2 aromatic carbocycles. The number of benzene rings is 2. The molecule has 0 radical (unpaired) electrons. The Kier molecular flexibility index (Phi) is 8.02. The van der Waals surface area contributed by atoms with Gasteiger partial charge in [-0.05, 0) is 43.2 Å². The highest BCUT2D eigenvalue weighted by Crippen LogP contribution is 2.33. The summed E-state index contributed by atoms with van der Waals surface area (Å²) in [6.07, 6.45) is 5.48. The monoisotopic (exact) mass is 494 g/mol. The topological polar surface area (TPSA) is 78.0 Å². The van der Waals surface area contributed by atoms with Gasteiger partial charge in [-0.3, -0.25) is 4.79 Å². The minimum atomic E-state index is -0.535. The number of hydrogen-bond acceptors (Lipinski definition) is 7. The van der Waals surface area contributed by atoms with Crippen LogP contribution in [-0.4, -0.2) is 49.1 Å². The van der Waals surface area contributed by atoms with E-state index in [-0.39, 0.29) is 24.1 Å². The Morgan fingerprint density at radius 1 is 1.00 bits per heavy atom. The maximum atomic E-state index is 13.2. The van der Waals surface area contributed by atoms with Gasteiger partial charge in [0.2, 0.25) is 0 Å². The van der Waals surface area contributed by atoms with Crippen LogP contribution in [0.2, 0.25) is 0 Å². The Balaban J connectivity index is 1.44. The Morgan fingerprint density at radius 3 is 2.43 bits per heavy atom. The summed E-state index contributed by atoms with van der Waals surface area (Å²) in [5, 5.41) is 2.63. The van der Waals surface area contributed by atoms with Crippen molar-refractivity contribution in [1.29, 1.82) is 0 Å². The van der Waals surface area contributed by atoms with E-state index in [2.05, 4.69) is 4.98 Å². The highest BCUT2D eigenvalue weighted by Gasteiger charge is 2.26. The molecule has 1 heterocycles.